The van der Waals surface area contributed by atoms with Crippen molar-refractivity contribution in [2.24, 2.45) is 0 Å². The first-order valence-corrected chi connectivity index (χ1v) is 7.83. The molecular formula is C14H22N2OS. The number of nitrogens with one attached hydrogen (secondary N) is 1. The fraction of sp³-hybridized carbons (Fsp3) is 0.714. The van der Waals surface area contributed by atoms with Crippen LogP contribution in [0.3, 0.4) is 0 Å². The van der Waals surface area contributed by atoms with Gasteiger partial charge in [-0.1, -0.05) is 0 Å². The van der Waals surface area contributed by atoms with Crippen molar-refractivity contribution in [1.29, 1.82) is 0 Å². The van der Waals surface area contributed by atoms with Gasteiger partial charge >= 0.3 is 0 Å². The number of likely N-dealkylation sites (N-methyl/N-ethyl adjacent to an activating group) is 1. The van der Waals surface area contributed by atoms with Crippen molar-refractivity contribution in [3.8, 4) is 0 Å². The summed E-state index contributed by atoms with van der Waals surface area (Å²) in [5, 5.41) is 5.48. The molecule has 3 nitrogen and oxygen atoms in total. The summed E-state index contributed by atoms with van der Waals surface area (Å²) in [7, 11) is 2.00. The van der Waals surface area contributed by atoms with Crippen LogP contribution in [0.1, 0.15) is 29.3 Å². The molecule has 0 bridgehead atoms. The van der Waals surface area contributed by atoms with E-state index in [-0.39, 0.29) is 0 Å². The highest BCUT2D eigenvalue weighted by molar-refractivity contribution is 7.10. The third kappa shape index (κ3) is 2.48. The predicted octanol–water partition coefficient (Wildman–Crippen LogP) is 2.05. The van der Waals surface area contributed by atoms with Gasteiger partial charge < -0.3 is 10.1 Å². The topological polar surface area (TPSA) is 24.5 Å². The monoisotopic (exact) mass is 266 g/mol. The maximum atomic E-state index is 5.81. The van der Waals surface area contributed by atoms with E-state index in [1.807, 2.05) is 18.4 Å². The van der Waals surface area contributed by atoms with Crippen LogP contribution >= 0.6 is 11.3 Å². The molecule has 2 heterocycles. The summed E-state index contributed by atoms with van der Waals surface area (Å²) in [4.78, 5) is 4.25. The van der Waals surface area contributed by atoms with Crippen molar-refractivity contribution in [2.75, 3.05) is 33.3 Å². The second kappa shape index (κ2) is 5.70. The summed E-state index contributed by atoms with van der Waals surface area (Å²) < 4.78 is 5.81. The molecule has 0 radical (unpaired) electrons. The van der Waals surface area contributed by atoms with E-state index in [2.05, 4.69) is 21.7 Å². The summed E-state index contributed by atoms with van der Waals surface area (Å²) in [5.41, 5.74) is 1.59. The lowest BCUT2D eigenvalue weighted by molar-refractivity contribution is -0.0440. The van der Waals surface area contributed by atoms with Crippen LogP contribution < -0.4 is 5.32 Å². The molecule has 1 N–H and O–H groups in total. The third-order valence-corrected chi connectivity index (χ3v) is 5.06. The van der Waals surface area contributed by atoms with Gasteiger partial charge in [-0.2, -0.15) is 0 Å². The predicted molar refractivity (Wildman–Crippen MR) is 75.2 cm³/mol. The van der Waals surface area contributed by atoms with Crippen molar-refractivity contribution < 1.29 is 4.74 Å². The molecule has 1 aliphatic carbocycles. The van der Waals surface area contributed by atoms with E-state index in [1.54, 1.807) is 10.4 Å². The molecule has 2 aliphatic rings. The molecule has 1 fully saturated rings. The highest BCUT2D eigenvalue weighted by Gasteiger charge is 2.30. The van der Waals surface area contributed by atoms with Crippen LogP contribution in [-0.4, -0.2) is 44.3 Å². The molecule has 0 saturated carbocycles. The van der Waals surface area contributed by atoms with Crippen molar-refractivity contribution in [3.05, 3.63) is 21.9 Å². The SMILES string of the molecule is CNCC1CN(C2CCCc3sccc32)CCO1. The lowest BCUT2D eigenvalue weighted by Crippen LogP contribution is -2.47. The van der Waals surface area contributed by atoms with Crippen molar-refractivity contribution >= 4 is 11.3 Å². The summed E-state index contributed by atoms with van der Waals surface area (Å²) in [6, 6.07) is 2.98. The van der Waals surface area contributed by atoms with Gasteiger partial charge in [0.2, 0.25) is 0 Å². The second-order valence-electron chi connectivity index (χ2n) is 5.25. The first-order valence-electron chi connectivity index (χ1n) is 6.95. The average molecular weight is 266 g/mol. The molecular weight excluding hydrogens is 244 g/mol. The number of nitrogens with zero attached hydrogens (tertiary/aromatic N) is 1. The van der Waals surface area contributed by atoms with E-state index in [9.17, 15) is 0 Å². The quantitative estimate of drug-likeness (QED) is 0.906. The standard InChI is InChI=1S/C14H22N2OS/c1-15-9-11-10-16(6-7-17-11)13-3-2-4-14-12(13)5-8-18-14/h5,8,11,13,15H,2-4,6-7,9-10H2,1H3. The van der Waals surface area contributed by atoms with Crippen molar-refractivity contribution in [3.63, 3.8) is 0 Å². The van der Waals surface area contributed by atoms with Gasteiger partial charge in [-0.05, 0) is 43.3 Å². The number of morpholine rings is 1. The molecule has 1 saturated heterocycles. The molecule has 1 aromatic rings. The summed E-state index contributed by atoms with van der Waals surface area (Å²) >= 11 is 1.93. The molecule has 4 heteroatoms. The van der Waals surface area contributed by atoms with E-state index >= 15 is 0 Å². The molecule has 2 atom stereocenters. The number of aryl methyl sites for hydroxylation is 1. The van der Waals surface area contributed by atoms with E-state index in [0.717, 1.165) is 26.2 Å². The zero-order valence-corrected chi connectivity index (χ0v) is 11.8. The van der Waals surface area contributed by atoms with Crippen LogP contribution in [0.15, 0.2) is 11.4 Å². The van der Waals surface area contributed by atoms with Crippen LogP contribution in [0.2, 0.25) is 0 Å². The largest absolute Gasteiger partial charge is 0.374 e. The number of hydrogen-bond donors (Lipinski definition) is 1. The number of ether oxygens (including phenoxy) is 1. The second-order valence-corrected chi connectivity index (χ2v) is 6.25. The lowest BCUT2D eigenvalue weighted by Gasteiger charge is -2.40. The van der Waals surface area contributed by atoms with Gasteiger partial charge in [0.1, 0.15) is 0 Å². The van der Waals surface area contributed by atoms with Gasteiger partial charge in [-0.15, -0.1) is 11.3 Å². The van der Waals surface area contributed by atoms with E-state index in [1.165, 1.54) is 19.3 Å². The highest BCUT2D eigenvalue weighted by atomic mass is 32.1. The van der Waals surface area contributed by atoms with E-state index in [4.69, 9.17) is 4.74 Å². The average Bonchev–Trinajstić information content (AvgIpc) is 2.87. The fourth-order valence-corrected chi connectivity index (χ4v) is 4.20. The van der Waals surface area contributed by atoms with Crippen LogP contribution in [-0.2, 0) is 11.2 Å². The van der Waals surface area contributed by atoms with Gasteiger partial charge in [0.05, 0.1) is 12.7 Å². The van der Waals surface area contributed by atoms with E-state index in [0.29, 0.717) is 12.1 Å². The minimum absolute atomic E-state index is 0.354. The summed E-state index contributed by atoms with van der Waals surface area (Å²) in [6.45, 7) is 3.99. The summed E-state index contributed by atoms with van der Waals surface area (Å²) in [5.74, 6) is 0. The highest BCUT2D eigenvalue weighted by Crippen LogP contribution is 2.37. The number of rotatable bonds is 3. The van der Waals surface area contributed by atoms with Gasteiger partial charge in [0.15, 0.2) is 0 Å². The fourth-order valence-electron chi connectivity index (χ4n) is 3.22. The zero-order valence-electron chi connectivity index (χ0n) is 11.0. The number of fused-ring (bicyclic) bond motifs is 1. The first kappa shape index (κ1) is 12.6. The first-order chi connectivity index (χ1) is 8.88. The van der Waals surface area contributed by atoms with Gasteiger partial charge in [0.25, 0.3) is 0 Å². The molecule has 0 aromatic carbocycles. The van der Waals surface area contributed by atoms with Crippen LogP contribution in [0, 0.1) is 0 Å². The Balaban J connectivity index is 1.72. The van der Waals surface area contributed by atoms with Crippen LogP contribution in [0.25, 0.3) is 0 Å². The molecule has 18 heavy (non-hydrogen) atoms. The Morgan fingerprint density at radius 2 is 2.50 bits per heavy atom. The zero-order chi connectivity index (χ0) is 12.4. The molecule has 2 unspecified atom stereocenters. The molecule has 100 valence electrons. The summed E-state index contributed by atoms with van der Waals surface area (Å²) in [6.07, 6.45) is 4.29. The Morgan fingerprint density at radius 3 is 3.39 bits per heavy atom. The van der Waals surface area contributed by atoms with Crippen LogP contribution in [0.4, 0.5) is 0 Å². The molecule has 1 aliphatic heterocycles. The Kier molecular flexibility index (Phi) is 3.99. The lowest BCUT2D eigenvalue weighted by atomic mass is 9.92. The minimum atomic E-state index is 0.354. The van der Waals surface area contributed by atoms with Crippen molar-refractivity contribution in [2.45, 2.75) is 31.4 Å². The maximum absolute atomic E-state index is 5.81. The van der Waals surface area contributed by atoms with Crippen molar-refractivity contribution in [1.82, 2.24) is 10.2 Å². The number of hydrogen-bond acceptors (Lipinski definition) is 4. The Morgan fingerprint density at radius 1 is 1.56 bits per heavy atom. The number of thiophene rings is 1. The minimum Gasteiger partial charge on any atom is -0.374 e. The van der Waals surface area contributed by atoms with E-state index < -0.39 is 0 Å². The normalized spacial score (nSPS) is 29.2. The molecule has 0 amide bonds. The molecule has 3 rings (SSSR count). The third-order valence-electron chi connectivity index (χ3n) is 4.06. The Hall–Kier alpha value is -0.420. The maximum Gasteiger partial charge on any atom is 0.0826 e. The smallest absolute Gasteiger partial charge is 0.0826 e. The van der Waals surface area contributed by atoms with Gasteiger partial charge in [0, 0.05) is 30.6 Å². The van der Waals surface area contributed by atoms with Gasteiger partial charge in [-0.25, -0.2) is 0 Å². The van der Waals surface area contributed by atoms with Gasteiger partial charge in [-0.3, -0.25) is 4.90 Å². The Bertz CT molecular complexity index is 391. The van der Waals surface area contributed by atoms with Crippen LogP contribution in [0.5, 0.6) is 0 Å². The molecule has 1 aromatic heterocycles. The Labute approximate surface area is 113 Å². The molecule has 0 spiro atoms.